The third kappa shape index (κ3) is 1.74. The van der Waals surface area contributed by atoms with Gasteiger partial charge in [0.2, 0.25) is 0 Å². The van der Waals surface area contributed by atoms with Crippen molar-refractivity contribution in [1.82, 2.24) is 4.98 Å². The summed E-state index contributed by atoms with van der Waals surface area (Å²) in [7, 11) is 0. The van der Waals surface area contributed by atoms with Gasteiger partial charge in [-0.05, 0) is 31.9 Å². The maximum atomic E-state index is 12.2. The number of pyridine rings is 1. The number of anilines is 1. The lowest BCUT2D eigenvalue weighted by molar-refractivity contribution is 0.150. The quantitative estimate of drug-likeness (QED) is 0.865. The number of nitrogens with zero attached hydrogens (tertiary/aromatic N) is 1. The van der Waals surface area contributed by atoms with Gasteiger partial charge in [0.05, 0.1) is 10.0 Å². The number of alkyl halides is 2. The number of aromatic nitrogens is 1. The summed E-state index contributed by atoms with van der Waals surface area (Å²) in [5.41, 5.74) is 5.19. The topological polar surface area (TPSA) is 38.9 Å². The molecule has 1 aromatic heterocycles. The molecular weight excluding hydrogens is 298 g/mol. The number of halogens is 4. The highest BCUT2D eigenvalue weighted by Crippen LogP contribution is 2.34. The predicted octanol–water partition coefficient (Wildman–Crippen LogP) is 3.13. The SMILES string of the molecule is Nc1ncc(C(F)F)c(Br)c1Br. The monoisotopic (exact) mass is 300 g/mol. The molecule has 2 N–H and O–H groups in total. The molecular formula is C6H4Br2F2N2. The lowest BCUT2D eigenvalue weighted by atomic mass is 10.3. The molecule has 0 aliphatic heterocycles. The molecule has 12 heavy (non-hydrogen) atoms. The molecule has 0 saturated heterocycles. The minimum atomic E-state index is -2.55. The Bertz CT molecular complexity index is 304. The zero-order valence-corrected chi connectivity index (χ0v) is 8.86. The number of nitrogens with two attached hydrogens (primary N) is 1. The van der Waals surface area contributed by atoms with Crippen molar-refractivity contribution >= 4 is 37.7 Å². The van der Waals surface area contributed by atoms with Crippen LogP contribution in [0.4, 0.5) is 14.6 Å². The van der Waals surface area contributed by atoms with Crippen LogP contribution in [0.25, 0.3) is 0 Å². The van der Waals surface area contributed by atoms with Crippen molar-refractivity contribution in [3.8, 4) is 0 Å². The summed E-state index contributed by atoms with van der Waals surface area (Å²) < 4.78 is 25.0. The van der Waals surface area contributed by atoms with E-state index in [0.717, 1.165) is 6.20 Å². The van der Waals surface area contributed by atoms with Crippen LogP contribution in [0.2, 0.25) is 0 Å². The molecule has 6 heteroatoms. The highest BCUT2D eigenvalue weighted by Gasteiger charge is 2.15. The van der Waals surface area contributed by atoms with E-state index in [2.05, 4.69) is 36.8 Å². The molecule has 0 atom stereocenters. The summed E-state index contributed by atoms with van der Waals surface area (Å²) in [6.45, 7) is 0. The minimum absolute atomic E-state index is 0.170. The Labute approximate surface area is 84.4 Å². The molecule has 0 unspecified atom stereocenters. The zero-order chi connectivity index (χ0) is 9.30. The van der Waals surface area contributed by atoms with Crippen LogP contribution in [0.5, 0.6) is 0 Å². The van der Waals surface area contributed by atoms with Crippen molar-refractivity contribution in [2.24, 2.45) is 0 Å². The summed E-state index contributed by atoms with van der Waals surface area (Å²) in [5.74, 6) is 0.186. The second-order valence-corrected chi connectivity index (χ2v) is 3.61. The fraction of sp³-hybridized carbons (Fsp3) is 0.167. The van der Waals surface area contributed by atoms with E-state index in [1.165, 1.54) is 0 Å². The lowest BCUT2D eigenvalue weighted by Gasteiger charge is -2.05. The molecule has 1 heterocycles. The Balaban J connectivity index is 3.27. The van der Waals surface area contributed by atoms with Gasteiger partial charge in [0.1, 0.15) is 5.82 Å². The molecule has 0 saturated carbocycles. The fourth-order valence-electron chi connectivity index (χ4n) is 0.644. The second kappa shape index (κ2) is 3.66. The number of hydrogen-bond donors (Lipinski definition) is 1. The number of rotatable bonds is 1. The third-order valence-corrected chi connectivity index (χ3v) is 3.44. The van der Waals surface area contributed by atoms with Crippen molar-refractivity contribution in [3.05, 3.63) is 20.7 Å². The van der Waals surface area contributed by atoms with Gasteiger partial charge in [0.25, 0.3) is 6.43 Å². The van der Waals surface area contributed by atoms with Crippen molar-refractivity contribution in [1.29, 1.82) is 0 Å². The van der Waals surface area contributed by atoms with Crippen LogP contribution in [0, 0.1) is 0 Å². The Morgan fingerprint density at radius 3 is 2.42 bits per heavy atom. The van der Waals surface area contributed by atoms with Gasteiger partial charge in [0, 0.05) is 10.7 Å². The molecule has 0 amide bonds. The zero-order valence-electron chi connectivity index (χ0n) is 5.69. The van der Waals surface area contributed by atoms with E-state index in [1.54, 1.807) is 0 Å². The maximum Gasteiger partial charge on any atom is 0.266 e. The highest BCUT2D eigenvalue weighted by molar-refractivity contribution is 9.13. The standard InChI is InChI=1S/C6H4Br2F2N2/c7-3-2(5(9)10)1-12-6(11)4(3)8/h1,5H,(H2,11,12). The van der Waals surface area contributed by atoms with Crippen LogP contribution in [0.15, 0.2) is 15.1 Å². The van der Waals surface area contributed by atoms with Gasteiger partial charge in [-0.25, -0.2) is 13.8 Å². The average molecular weight is 302 g/mol. The largest absolute Gasteiger partial charge is 0.383 e. The third-order valence-electron chi connectivity index (χ3n) is 1.25. The number of nitrogen functional groups attached to an aromatic ring is 1. The molecule has 0 aliphatic rings. The Kier molecular flexibility index (Phi) is 3.00. The fourth-order valence-corrected chi connectivity index (χ4v) is 1.45. The van der Waals surface area contributed by atoms with Crippen molar-refractivity contribution < 1.29 is 8.78 Å². The first-order chi connectivity index (χ1) is 5.54. The molecule has 66 valence electrons. The van der Waals surface area contributed by atoms with E-state index in [0.29, 0.717) is 4.47 Å². The second-order valence-electron chi connectivity index (χ2n) is 2.03. The van der Waals surface area contributed by atoms with E-state index < -0.39 is 6.43 Å². The van der Waals surface area contributed by atoms with Gasteiger partial charge in [-0.1, -0.05) is 0 Å². The van der Waals surface area contributed by atoms with E-state index in [9.17, 15) is 8.78 Å². The average Bonchev–Trinajstić information content (AvgIpc) is 2.00. The van der Waals surface area contributed by atoms with Gasteiger partial charge in [-0.15, -0.1) is 0 Å². The summed E-state index contributed by atoms with van der Waals surface area (Å²) in [5, 5.41) is 0. The Morgan fingerprint density at radius 1 is 1.33 bits per heavy atom. The first kappa shape index (κ1) is 9.85. The van der Waals surface area contributed by atoms with Crippen LogP contribution in [-0.2, 0) is 0 Å². The first-order valence-corrected chi connectivity index (χ1v) is 4.50. The normalized spacial score (nSPS) is 10.8. The molecule has 0 aliphatic carbocycles. The van der Waals surface area contributed by atoms with Crippen LogP contribution in [-0.4, -0.2) is 4.98 Å². The van der Waals surface area contributed by atoms with Crippen molar-refractivity contribution in [2.75, 3.05) is 5.73 Å². The Hall–Kier alpha value is -0.230. The Morgan fingerprint density at radius 2 is 1.92 bits per heavy atom. The molecule has 0 aromatic carbocycles. The van der Waals surface area contributed by atoms with E-state index in [1.807, 2.05) is 0 Å². The number of hydrogen-bond acceptors (Lipinski definition) is 2. The van der Waals surface area contributed by atoms with E-state index >= 15 is 0 Å². The van der Waals surface area contributed by atoms with Gasteiger partial charge in [-0.2, -0.15) is 0 Å². The summed E-state index contributed by atoms with van der Waals surface area (Å²) in [6.07, 6.45) is -1.50. The van der Waals surface area contributed by atoms with Crippen molar-refractivity contribution in [2.45, 2.75) is 6.43 Å². The van der Waals surface area contributed by atoms with Gasteiger partial charge in [0.15, 0.2) is 0 Å². The minimum Gasteiger partial charge on any atom is -0.383 e. The molecule has 0 radical (unpaired) electrons. The molecule has 0 fully saturated rings. The van der Waals surface area contributed by atoms with E-state index in [-0.39, 0.29) is 15.9 Å². The van der Waals surface area contributed by atoms with Gasteiger partial charge >= 0.3 is 0 Å². The van der Waals surface area contributed by atoms with Gasteiger partial charge < -0.3 is 5.73 Å². The van der Waals surface area contributed by atoms with Crippen LogP contribution in [0.1, 0.15) is 12.0 Å². The first-order valence-electron chi connectivity index (χ1n) is 2.91. The summed E-state index contributed by atoms with van der Waals surface area (Å²) in [4.78, 5) is 3.58. The predicted molar refractivity (Wildman–Crippen MR) is 49.0 cm³/mol. The molecule has 0 bridgehead atoms. The maximum absolute atomic E-state index is 12.2. The molecule has 1 aromatic rings. The van der Waals surface area contributed by atoms with Crippen molar-refractivity contribution in [3.63, 3.8) is 0 Å². The lowest BCUT2D eigenvalue weighted by Crippen LogP contribution is -1.96. The van der Waals surface area contributed by atoms with Gasteiger partial charge in [-0.3, -0.25) is 0 Å². The van der Waals surface area contributed by atoms with Crippen LogP contribution in [0.3, 0.4) is 0 Å². The van der Waals surface area contributed by atoms with Crippen LogP contribution >= 0.6 is 31.9 Å². The molecule has 1 rings (SSSR count). The summed E-state index contributed by atoms with van der Waals surface area (Å²) >= 11 is 6.02. The van der Waals surface area contributed by atoms with E-state index in [4.69, 9.17) is 5.73 Å². The molecule has 2 nitrogen and oxygen atoms in total. The van der Waals surface area contributed by atoms with Crippen LogP contribution < -0.4 is 5.73 Å². The highest BCUT2D eigenvalue weighted by atomic mass is 79.9. The molecule has 0 spiro atoms. The smallest absolute Gasteiger partial charge is 0.266 e. The summed E-state index contributed by atoms with van der Waals surface area (Å²) in [6, 6.07) is 0.